The summed E-state index contributed by atoms with van der Waals surface area (Å²) < 4.78 is 21.6. The van der Waals surface area contributed by atoms with Crippen molar-refractivity contribution in [3.8, 4) is 17.2 Å². The fourth-order valence-corrected chi connectivity index (χ4v) is 2.70. The first-order valence-electron chi connectivity index (χ1n) is 7.57. The standard InChI is InChI=1S/C17H25NO5/c1-11-9-18(17(2,3)10-23-11)16(19)12-7-13(20-4)15(22-6)14(8-12)21-5/h7-8,11H,9-10H2,1-6H3. The number of rotatable bonds is 4. The van der Waals surface area contributed by atoms with E-state index in [0.717, 1.165) is 0 Å². The molecule has 0 bridgehead atoms. The number of amides is 1. The summed E-state index contributed by atoms with van der Waals surface area (Å²) in [6.45, 7) is 7.00. The molecule has 1 aromatic carbocycles. The number of nitrogens with zero attached hydrogens (tertiary/aromatic N) is 1. The molecule has 0 aliphatic carbocycles. The van der Waals surface area contributed by atoms with Crippen LogP contribution in [0.1, 0.15) is 31.1 Å². The first kappa shape index (κ1) is 17.4. The van der Waals surface area contributed by atoms with E-state index in [1.165, 1.54) is 21.3 Å². The van der Waals surface area contributed by atoms with E-state index in [0.29, 0.717) is 36.0 Å². The van der Waals surface area contributed by atoms with Crippen molar-refractivity contribution in [3.05, 3.63) is 17.7 Å². The van der Waals surface area contributed by atoms with Gasteiger partial charge in [0.25, 0.3) is 5.91 Å². The van der Waals surface area contributed by atoms with Crippen molar-refractivity contribution in [1.82, 2.24) is 4.90 Å². The minimum absolute atomic E-state index is 0.00835. The van der Waals surface area contributed by atoms with Gasteiger partial charge in [-0.15, -0.1) is 0 Å². The van der Waals surface area contributed by atoms with Crippen molar-refractivity contribution in [1.29, 1.82) is 0 Å². The van der Waals surface area contributed by atoms with Crippen LogP contribution in [-0.2, 0) is 4.74 Å². The molecule has 1 aliphatic heterocycles. The van der Waals surface area contributed by atoms with Crippen LogP contribution in [0, 0.1) is 0 Å². The molecule has 1 fully saturated rings. The number of carbonyl (C=O) groups is 1. The minimum atomic E-state index is -0.371. The molecule has 1 atom stereocenters. The van der Waals surface area contributed by atoms with Gasteiger partial charge in [0.05, 0.1) is 39.6 Å². The van der Waals surface area contributed by atoms with E-state index in [1.807, 2.05) is 25.7 Å². The fourth-order valence-electron chi connectivity index (χ4n) is 2.70. The molecule has 6 nitrogen and oxygen atoms in total. The number of hydrogen-bond acceptors (Lipinski definition) is 5. The van der Waals surface area contributed by atoms with Gasteiger partial charge in [0, 0.05) is 12.1 Å². The topological polar surface area (TPSA) is 57.2 Å². The van der Waals surface area contributed by atoms with Gasteiger partial charge < -0.3 is 23.8 Å². The zero-order valence-corrected chi connectivity index (χ0v) is 14.6. The molecular weight excluding hydrogens is 298 g/mol. The summed E-state index contributed by atoms with van der Waals surface area (Å²) in [5.41, 5.74) is 0.131. The van der Waals surface area contributed by atoms with E-state index in [2.05, 4.69) is 0 Å². The van der Waals surface area contributed by atoms with Gasteiger partial charge >= 0.3 is 0 Å². The average Bonchev–Trinajstić information content (AvgIpc) is 2.54. The van der Waals surface area contributed by atoms with Crippen molar-refractivity contribution < 1.29 is 23.7 Å². The summed E-state index contributed by atoms with van der Waals surface area (Å²) in [5.74, 6) is 1.33. The highest BCUT2D eigenvalue weighted by Gasteiger charge is 2.37. The summed E-state index contributed by atoms with van der Waals surface area (Å²) in [7, 11) is 4.60. The van der Waals surface area contributed by atoms with Gasteiger partial charge in [-0.2, -0.15) is 0 Å². The minimum Gasteiger partial charge on any atom is -0.493 e. The third kappa shape index (κ3) is 3.37. The zero-order chi connectivity index (χ0) is 17.2. The van der Waals surface area contributed by atoms with Crippen LogP contribution in [0.4, 0.5) is 0 Å². The third-order valence-corrected chi connectivity index (χ3v) is 4.05. The fraction of sp³-hybridized carbons (Fsp3) is 0.588. The van der Waals surface area contributed by atoms with E-state index < -0.39 is 0 Å². The predicted octanol–water partition coefficient (Wildman–Crippen LogP) is 2.35. The summed E-state index contributed by atoms with van der Waals surface area (Å²) in [6.07, 6.45) is 0.00835. The van der Waals surface area contributed by atoms with E-state index in [9.17, 15) is 4.79 Å². The van der Waals surface area contributed by atoms with Crippen LogP contribution in [0.5, 0.6) is 17.2 Å². The molecule has 0 aromatic heterocycles. The first-order chi connectivity index (χ1) is 10.8. The lowest BCUT2D eigenvalue weighted by Crippen LogP contribution is -2.57. The van der Waals surface area contributed by atoms with Gasteiger partial charge in [-0.3, -0.25) is 4.79 Å². The Morgan fingerprint density at radius 3 is 2.22 bits per heavy atom. The normalized spacial score (nSPS) is 20.1. The second-order valence-electron chi connectivity index (χ2n) is 6.26. The van der Waals surface area contributed by atoms with Crippen LogP contribution in [0.2, 0.25) is 0 Å². The number of methoxy groups -OCH3 is 3. The SMILES string of the molecule is COc1cc(C(=O)N2CC(C)OCC2(C)C)cc(OC)c1OC. The molecule has 1 heterocycles. The van der Waals surface area contributed by atoms with Crippen LogP contribution < -0.4 is 14.2 Å². The predicted molar refractivity (Wildman–Crippen MR) is 86.6 cm³/mol. The maximum Gasteiger partial charge on any atom is 0.254 e. The molecular formula is C17H25NO5. The lowest BCUT2D eigenvalue weighted by Gasteiger charge is -2.44. The van der Waals surface area contributed by atoms with Crippen LogP contribution in [0.15, 0.2) is 12.1 Å². The lowest BCUT2D eigenvalue weighted by molar-refractivity contribution is -0.0756. The quantitative estimate of drug-likeness (QED) is 0.851. The summed E-state index contributed by atoms with van der Waals surface area (Å²) in [6, 6.07) is 3.36. The number of carbonyl (C=O) groups excluding carboxylic acids is 1. The Morgan fingerprint density at radius 1 is 1.17 bits per heavy atom. The lowest BCUT2D eigenvalue weighted by atomic mass is 9.99. The molecule has 6 heteroatoms. The Kier molecular flexibility index (Phi) is 5.04. The van der Waals surface area contributed by atoms with Crippen molar-refractivity contribution >= 4 is 5.91 Å². The Balaban J connectivity index is 2.42. The van der Waals surface area contributed by atoms with Crippen LogP contribution in [-0.4, -0.2) is 56.9 Å². The molecule has 128 valence electrons. The van der Waals surface area contributed by atoms with E-state index in [1.54, 1.807) is 12.1 Å². The molecule has 1 aromatic rings. The summed E-state index contributed by atoms with van der Waals surface area (Å²) in [5, 5.41) is 0. The van der Waals surface area contributed by atoms with E-state index in [-0.39, 0.29) is 17.6 Å². The largest absolute Gasteiger partial charge is 0.493 e. The van der Waals surface area contributed by atoms with Crippen molar-refractivity contribution in [3.63, 3.8) is 0 Å². The smallest absolute Gasteiger partial charge is 0.254 e. The van der Waals surface area contributed by atoms with Crippen LogP contribution >= 0.6 is 0 Å². The molecule has 2 rings (SSSR count). The van der Waals surface area contributed by atoms with Crippen molar-refractivity contribution in [2.75, 3.05) is 34.5 Å². The van der Waals surface area contributed by atoms with E-state index in [4.69, 9.17) is 18.9 Å². The Bertz CT molecular complexity index is 559. The van der Waals surface area contributed by atoms with Crippen LogP contribution in [0.3, 0.4) is 0 Å². The van der Waals surface area contributed by atoms with Crippen molar-refractivity contribution in [2.24, 2.45) is 0 Å². The Morgan fingerprint density at radius 2 is 1.74 bits per heavy atom. The van der Waals surface area contributed by atoms with Gasteiger partial charge in [-0.1, -0.05) is 0 Å². The average molecular weight is 323 g/mol. The third-order valence-electron chi connectivity index (χ3n) is 4.05. The molecule has 0 radical (unpaired) electrons. The second kappa shape index (κ2) is 6.66. The summed E-state index contributed by atoms with van der Waals surface area (Å²) in [4.78, 5) is 14.9. The molecule has 1 saturated heterocycles. The highest BCUT2D eigenvalue weighted by molar-refractivity contribution is 5.96. The summed E-state index contributed by atoms with van der Waals surface area (Å²) >= 11 is 0. The van der Waals surface area contributed by atoms with Crippen molar-refractivity contribution in [2.45, 2.75) is 32.4 Å². The number of benzene rings is 1. The van der Waals surface area contributed by atoms with Gasteiger partial charge in [0.15, 0.2) is 11.5 Å². The Labute approximate surface area is 137 Å². The molecule has 1 amide bonds. The number of morpholine rings is 1. The molecule has 0 N–H and O–H groups in total. The van der Waals surface area contributed by atoms with Gasteiger partial charge in [0.1, 0.15) is 0 Å². The van der Waals surface area contributed by atoms with Gasteiger partial charge in [0.2, 0.25) is 5.75 Å². The van der Waals surface area contributed by atoms with E-state index >= 15 is 0 Å². The van der Waals surface area contributed by atoms with Gasteiger partial charge in [-0.25, -0.2) is 0 Å². The second-order valence-corrected chi connectivity index (χ2v) is 6.26. The number of hydrogen-bond donors (Lipinski definition) is 0. The number of ether oxygens (including phenoxy) is 4. The highest BCUT2D eigenvalue weighted by Crippen LogP contribution is 2.39. The first-order valence-corrected chi connectivity index (χ1v) is 7.57. The molecule has 0 saturated carbocycles. The maximum absolute atomic E-state index is 13.0. The molecule has 23 heavy (non-hydrogen) atoms. The molecule has 1 aliphatic rings. The zero-order valence-electron chi connectivity index (χ0n) is 14.6. The van der Waals surface area contributed by atoms with Crippen LogP contribution in [0.25, 0.3) is 0 Å². The molecule has 1 unspecified atom stereocenters. The van der Waals surface area contributed by atoms with Gasteiger partial charge in [-0.05, 0) is 32.9 Å². The maximum atomic E-state index is 13.0. The monoisotopic (exact) mass is 323 g/mol. The molecule has 0 spiro atoms. The Hall–Kier alpha value is -1.95. The highest BCUT2D eigenvalue weighted by atomic mass is 16.5.